The van der Waals surface area contributed by atoms with Crippen LogP contribution in [0.25, 0.3) is 5.69 Å². The molecule has 0 bridgehead atoms. The zero-order chi connectivity index (χ0) is 23.1. The van der Waals surface area contributed by atoms with Gasteiger partial charge in [0.2, 0.25) is 6.10 Å². The minimum absolute atomic E-state index is 0.0541. The predicted octanol–water partition coefficient (Wildman–Crippen LogP) is 2.87. The summed E-state index contributed by atoms with van der Waals surface area (Å²) in [4.78, 5) is 30.1. The number of benzene rings is 2. The van der Waals surface area contributed by atoms with Gasteiger partial charge >= 0.3 is 0 Å². The van der Waals surface area contributed by atoms with Gasteiger partial charge in [0, 0.05) is 32.1 Å². The fraction of sp³-hybridized carbons (Fsp3) is 0.346. The Morgan fingerprint density at radius 1 is 0.853 bits per heavy atom. The monoisotopic (exact) mass is 458 g/mol. The van der Waals surface area contributed by atoms with Crippen LogP contribution in [0, 0.1) is 0 Å². The van der Waals surface area contributed by atoms with Gasteiger partial charge in [0.1, 0.15) is 12.3 Å². The number of para-hydroxylation sites is 3. The Bertz CT molecular complexity index is 1210. The Hall–Kier alpha value is -3.81. The first-order valence-corrected chi connectivity index (χ1v) is 11.8. The van der Waals surface area contributed by atoms with Crippen molar-refractivity contribution < 1.29 is 19.1 Å². The molecule has 3 heterocycles. The van der Waals surface area contributed by atoms with Crippen molar-refractivity contribution >= 4 is 11.8 Å². The van der Waals surface area contributed by atoms with Crippen molar-refractivity contribution in [1.82, 2.24) is 19.6 Å². The average molecular weight is 459 g/mol. The minimum atomic E-state index is -0.669. The van der Waals surface area contributed by atoms with Gasteiger partial charge in [-0.1, -0.05) is 30.3 Å². The third-order valence-corrected chi connectivity index (χ3v) is 6.61. The van der Waals surface area contributed by atoms with E-state index in [1.165, 1.54) is 0 Å². The minimum Gasteiger partial charge on any atom is -0.485 e. The number of fused-ring (bicyclic) bond motifs is 1. The maximum atomic E-state index is 13.5. The fourth-order valence-electron chi connectivity index (χ4n) is 4.53. The lowest BCUT2D eigenvalue weighted by Gasteiger charge is -2.37. The Kier molecular flexibility index (Phi) is 5.20. The number of ether oxygens (including phenoxy) is 2. The average Bonchev–Trinajstić information content (AvgIpc) is 3.66. The molecule has 34 heavy (non-hydrogen) atoms. The zero-order valence-corrected chi connectivity index (χ0v) is 18.8. The number of carbonyl (C=O) groups is 2. The third kappa shape index (κ3) is 3.89. The highest BCUT2D eigenvalue weighted by molar-refractivity contribution is 5.93. The van der Waals surface area contributed by atoms with Crippen LogP contribution < -0.4 is 9.47 Å². The van der Waals surface area contributed by atoms with E-state index in [2.05, 4.69) is 0 Å². The van der Waals surface area contributed by atoms with E-state index in [0.717, 1.165) is 24.2 Å². The van der Waals surface area contributed by atoms with Crippen LogP contribution in [0.2, 0.25) is 0 Å². The lowest BCUT2D eigenvalue weighted by Crippen LogP contribution is -2.55. The summed E-state index contributed by atoms with van der Waals surface area (Å²) in [6.07, 6.45) is 1.58. The molecule has 2 amide bonds. The quantitative estimate of drug-likeness (QED) is 0.601. The van der Waals surface area contributed by atoms with E-state index in [0.29, 0.717) is 49.3 Å². The van der Waals surface area contributed by atoms with Crippen molar-refractivity contribution in [2.45, 2.75) is 24.9 Å². The topological polar surface area (TPSA) is 76.9 Å². The molecular formula is C26H26N4O4. The van der Waals surface area contributed by atoms with Gasteiger partial charge < -0.3 is 19.3 Å². The molecule has 2 aromatic carbocycles. The van der Waals surface area contributed by atoms with Crippen LogP contribution in [0.5, 0.6) is 11.5 Å². The molecular weight excluding hydrogens is 432 g/mol. The summed E-state index contributed by atoms with van der Waals surface area (Å²) in [5.74, 6) is 1.53. The Morgan fingerprint density at radius 3 is 2.26 bits per heavy atom. The third-order valence-electron chi connectivity index (χ3n) is 6.61. The number of carbonyl (C=O) groups excluding carboxylic acids is 2. The van der Waals surface area contributed by atoms with Crippen molar-refractivity contribution in [3.8, 4) is 17.2 Å². The van der Waals surface area contributed by atoms with Crippen molar-refractivity contribution in [1.29, 1.82) is 0 Å². The molecule has 1 unspecified atom stereocenters. The van der Waals surface area contributed by atoms with Gasteiger partial charge in [-0.2, -0.15) is 5.10 Å². The maximum absolute atomic E-state index is 13.5. The van der Waals surface area contributed by atoms with E-state index in [9.17, 15) is 9.59 Å². The Labute approximate surface area is 197 Å². The van der Waals surface area contributed by atoms with E-state index in [1.807, 2.05) is 59.5 Å². The SMILES string of the molecule is O=C(c1cc(C2CC2)nn1-c1ccccc1)N1CCN(C(=O)C2COc3ccccc3O2)CC1. The number of hydrogen-bond donors (Lipinski definition) is 0. The summed E-state index contributed by atoms with van der Waals surface area (Å²) in [5.41, 5.74) is 2.44. The molecule has 2 aliphatic heterocycles. The number of amides is 2. The Balaban J connectivity index is 1.14. The second kappa shape index (κ2) is 8.52. The first kappa shape index (κ1) is 20.8. The number of hydrogen-bond acceptors (Lipinski definition) is 5. The molecule has 2 fully saturated rings. The summed E-state index contributed by atoms with van der Waals surface area (Å²) < 4.78 is 13.3. The molecule has 3 aromatic rings. The number of piperazine rings is 1. The predicted molar refractivity (Wildman–Crippen MR) is 124 cm³/mol. The molecule has 8 heteroatoms. The zero-order valence-electron chi connectivity index (χ0n) is 18.8. The van der Waals surface area contributed by atoms with Crippen LogP contribution in [-0.2, 0) is 4.79 Å². The summed E-state index contributed by atoms with van der Waals surface area (Å²) in [7, 11) is 0. The van der Waals surface area contributed by atoms with E-state index < -0.39 is 6.10 Å². The highest BCUT2D eigenvalue weighted by atomic mass is 16.6. The molecule has 1 saturated carbocycles. The number of rotatable bonds is 4. The molecule has 6 rings (SSSR count). The van der Waals surface area contributed by atoms with Gasteiger partial charge in [0.05, 0.1) is 11.4 Å². The number of aromatic nitrogens is 2. The molecule has 3 aliphatic rings. The van der Waals surface area contributed by atoms with E-state index in [1.54, 1.807) is 15.6 Å². The van der Waals surface area contributed by atoms with Gasteiger partial charge in [-0.05, 0) is 43.2 Å². The highest BCUT2D eigenvalue weighted by Crippen LogP contribution is 2.40. The van der Waals surface area contributed by atoms with Crippen molar-refractivity contribution in [2.24, 2.45) is 0 Å². The van der Waals surface area contributed by atoms with Crippen molar-refractivity contribution in [2.75, 3.05) is 32.8 Å². The molecule has 174 valence electrons. The highest BCUT2D eigenvalue weighted by Gasteiger charge is 2.35. The van der Waals surface area contributed by atoms with Crippen LogP contribution in [0.3, 0.4) is 0 Å². The normalized spacial score (nSPS) is 19.7. The molecule has 0 spiro atoms. The van der Waals surface area contributed by atoms with Crippen LogP contribution in [-0.4, -0.2) is 70.3 Å². The second-order valence-electron chi connectivity index (χ2n) is 8.96. The van der Waals surface area contributed by atoms with Gasteiger partial charge in [-0.25, -0.2) is 4.68 Å². The molecule has 1 atom stereocenters. The van der Waals surface area contributed by atoms with Gasteiger partial charge in [0.25, 0.3) is 11.8 Å². The lowest BCUT2D eigenvalue weighted by atomic mass is 10.2. The first-order valence-electron chi connectivity index (χ1n) is 11.8. The molecule has 1 aliphatic carbocycles. The van der Waals surface area contributed by atoms with E-state index in [4.69, 9.17) is 14.6 Å². The van der Waals surface area contributed by atoms with Crippen LogP contribution >= 0.6 is 0 Å². The smallest absolute Gasteiger partial charge is 0.272 e. The largest absolute Gasteiger partial charge is 0.485 e. The second-order valence-corrected chi connectivity index (χ2v) is 8.96. The fourth-order valence-corrected chi connectivity index (χ4v) is 4.53. The van der Waals surface area contributed by atoms with Crippen LogP contribution in [0.4, 0.5) is 0 Å². The lowest BCUT2D eigenvalue weighted by molar-refractivity contribution is -0.142. The summed E-state index contributed by atoms with van der Waals surface area (Å²) in [6, 6.07) is 19.1. The van der Waals surface area contributed by atoms with Crippen LogP contribution in [0.1, 0.15) is 34.9 Å². The Morgan fingerprint density at radius 2 is 1.53 bits per heavy atom. The van der Waals surface area contributed by atoms with Gasteiger partial charge in [-0.15, -0.1) is 0 Å². The standard InChI is InChI=1S/C26H26N4O4/c31-25(21-16-20(18-10-11-18)27-30(21)19-6-2-1-3-7-19)28-12-14-29(15-13-28)26(32)24-17-33-22-8-4-5-9-23(22)34-24/h1-9,16,18,24H,10-15,17H2. The molecule has 1 saturated heterocycles. The first-order chi connectivity index (χ1) is 16.7. The molecule has 8 nitrogen and oxygen atoms in total. The summed E-state index contributed by atoms with van der Waals surface area (Å²) in [5, 5.41) is 4.76. The van der Waals surface area contributed by atoms with Crippen molar-refractivity contribution in [3.05, 3.63) is 72.1 Å². The molecule has 0 radical (unpaired) electrons. The van der Waals surface area contributed by atoms with E-state index in [-0.39, 0.29) is 18.4 Å². The molecule has 1 aromatic heterocycles. The summed E-state index contributed by atoms with van der Waals surface area (Å²) in [6.45, 7) is 2.04. The van der Waals surface area contributed by atoms with Gasteiger partial charge in [-0.3, -0.25) is 9.59 Å². The van der Waals surface area contributed by atoms with E-state index >= 15 is 0 Å². The summed E-state index contributed by atoms with van der Waals surface area (Å²) >= 11 is 0. The van der Waals surface area contributed by atoms with Gasteiger partial charge in [0.15, 0.2) is 11.5 Å². The van der Waals surface area contributed by atoms with Crippen LogP contribution in [0.15, 0.2) is 60.7 Å². The number of nitrogens with zero attached hydrogens (tertiary/aromatic N) is 4. The maximum Gasteiger partial charge on any atom is 0.272 e. The molecule has 0 N–H and O–H groups in total. The van der Waals surface area contributed by atoms with Crippen molar-refractivity contribution in [3.63, 3.8) is 0 Å².